The van der Waals surface area contributed by atoms with Gasteiger partial charge >= 0.3 is 0 Å². The average Bonchev–Trinajstić information content (AvgIpc) is 2.66. The van der Waals surface area contributed by atoms with Gasteiger partial charge in [0.05, 0.1) is 0 Å². The van der Waals surface area contributed by atoms with E-state index in [9.17, 15) is 0 Å². The molecule has 2 rings (SSSR count). The van der Waals surface area contributed by atoms with Crippen molar-refractivity contribution in [1.82, 2.24) is 5.32 Å². The molecule has 5 nitrogen and oxygen atoms in total. The number of nitrogens with two attached hydrogens (primary N) is 2. The van der Waals surface area contributed by atoms with Crippen LogP contribution < -0.4 is 21.7 Å². The number of rotatable bonds is 2. The number of hydrogen-bond donors (Lipinski definition) is 4. The fraction of sp³-hybridized carbons (Fsp3) is 0.364. The predicted octanol–water partition coefficient (Wildman–Crippen LogP) is 1.60. The van der Waals surface area contributed by atoms with Gasteiger partial charge < -0.3 is 21.7 Å². The molecule has 0 spiro atoms. The van der Waals surface area contributed by atoms with Crippen molar-refractivity contribution in [3.63, 3.8) is 0 Å². The van der Waals surface area contributed by atoms with Crippen molar-refractivity contribution in [3.05, 3.63) is 24.3 Å². The van der Waals surface area contributed by atoms with Gasteiger partial charge in [-0.1, -0.05) is 0 Å². The van der Waals surface area contributed by atoms with E-state index in [-0.39, 0.29) is 49.2 Å². The molecule has 1 atom stereocenters. The summed E-state index contributed by atoms with van der Waals surface area (Å²) in [6.45, 7) is 1.86. The maximum absolute atomic E-state index is 7.19. The lowest BCUT2D eigenvalue weighted by molar-refractivity contribution is 0.664. The van der Waals surface area contributed by atoms with Crippen LogP contribution >= 0.6 is 37.2 Å². The summed E-state index contributed by atoms with van der Waals surface area (Å²) in [5.41, 5.74) is 12.9. The molecule has 1 unspecified atom stereocenters. The standard InChI is InChI=1S/C11H17N5.3ClH/c12-8-1-3-10(4-2-8)16-6-5-9(7-16)15-11(13)14;;;/h1-4,9H,5-7,12H2,(H4,13,14,15);3*1H. The molecule has 1 fully saturated rings. The minimum Gasteiger partial charge on any atom is -0.399 e. The van der Waals surface area contributed by atoms with Crippen LogP contribution in [-0.2, 0) is 0 Å². The average molecular weight is 329 g/mol. The first-order valence-electron chi connectivity index (χ1n) is 5.36. The summed E-state index contributed by atoms with van der Waals surface area (Å²) >= 11 is 0. The summed E-state index contributed by atoms with van der Waals surface area (Å²) in [6.07, 6.45) is 1.00. The summed E-state index contributed by atoms with van der Waals surface area (Å²) in [7, 11) is 0. The molecule has 0 radical (unpaired) electrons. The Morgan fingerprint density at radius 1 is 1.21 bits per heavy atom. The van der Waals surface area contributed by atoms with Crippen LogP contribution in [0.15, 0.2) is 24.3 Å². The van der Waals surface area contributed by atoms with Gasteiger partial charge in [-0.2, -0.15) is 0 Å². The molecule has 6 N–H and O–H groups in total. The second-order valence-corrected chi connectivity index (χ2v) is 4.08. The van der Waals surface area contributed by atoms with Gasteiger partial charge in [-0.25, -0.2) is 0 Å². The van der Waals surface area contributed by atoms with Crippen LogP contribution in [0.4, 0.5) is 11.4 Å². The Kier molecular flexibility index (Phi) is 9.56. The summed E-state index contributed by atoms with van der Waals surface area (Å²) in [5.74, 6) is 0.0455. The second-order valence-electron chi connectivity index (χ2n) is 4.08. The number of anilines is 2. The third kappa shape index (κ3) is 5.63. The molecule has 1 aromatic rings. The van der Waals surface area contributed by atoms with Crippen LogP contribution in [0.3, 0.4) is 0 Å². The Bertz CT molecular complexity index is 384. The molecule has 110 valence electrons. The molecule has 0 amide bonds. The van der Waals surface area contributed by atoms with Gasteiger partial charge in [0.15, 0.2) is 5.96 Å². The predicted molar refractivity (Wildman–Crippen MR) is 88.3 cm³/mol. The number of nitrogens with one attached hydrogen (secondary N) is 2. The van der Waals surface area contributed by atoms with Crippen LogP contribution in [0.5, 0.6) is 0 Å². The fourth-order valence-electron chi connectivity index (χ4n) is 2.02. The first kappa shape index (κ1) is 20.3. The van der Waals surface area contributed by atoms with Crippen LogP contribution in [0.25, 0.3) is 0 Å². The first-order valence-corrected chi connectivity index (χ1v) is 5.36. The van der Waals surface area contributed by atoms with Gasteiger partial charge in [-0.3, -0.25) is 5.41 Å². The number of hydrogen-bond acceptors (Lipinski definition) is 3. The Morgan fingerprint density at radius 3 is 2.32 bits per heavy atom. The number of benzene rings is 1. The van der Waals surface area contributed by atoms with Crippen LogP contribution in [-0.4, -0.2) is 25.1 Å². The summed E-state index contributed by atoms with van der Waals surface area (Å²) in [5, 5.41) is 10.1. The molecule has 0 aromatic heterocycles. The zero-order valence-corrected chi connectivity index (χ0v) is 12.8. The minimum atomic E-state index is 0. The van der Waals surface area contributed by atoms with Gasteiger partial charge in [0.1, 0.15) is 0 Å². The monoisotopic (exact) mass is 327 g/mol. The third-order valence-electron chi connectivity index (χ3n) is 2.81. The van der Waals surface area contributed by atoms with Crippen molar-refractivity contribution in [3.8, 4) is 0 Å². The number of nitrogen functional groups attached to an aromatic ring is 1. The largest absolute Gasteiger partial charge is 0.399 e. The number of halogens is 3. The molecule has 1 saturated heterocycles. The third-order valence-corrected chi connectivity index (χ3v) is 2.81. The molecule has 0 bridgehead atoms. The van der Waals surface area contributed by atoms with E-state index in [1.807, 2.05) is 24.3 Å². The molecule has 8 heteroatoms. The molecular weight excluding hydrogens is 309 g/mol. The zero-order valence-electron chi connectivity index (χ0n) is 10.3. The molecular formula is C11H20Cl3N5. The second kappa shape index (κ2) is 8.96. The molecule has 1 aromatic carbocycles. The van der Waals surface area contributed by atoms with Gasteiger partial charge in [-0.15, -0.1) is 37.2 Å². The topological polar surface area (TPSA) is 91.2 Å². The number of guanidine groups is 1. The maximum atomic E-state index is 7.19. The quantitative estimate of drug-likeness (QED) is 0.377. The van der Waals surface area contributed by atoms with Crippen molar-refractivity contribution < 1.29 is 0 Å². The van der Waals surface area contributed by atoms with E-state index >= 15 is 0 Å². The van der Waals surface area contributed by atoms with Crippen molar-refractivity contribution in [2.75, 3.05) is 23.7 Å². The fourth-order valence-corrected chi connectivity index (χ4v) is 2.02. The highest BCUT2D eigenvalue weighted by molar-refractivity contribution is 5.86. The molecule has 1 aliphatic heterocycles. The summed E-state index contributed by atoms with van der Waals surface area (Å²) in [6, 6.07) is 8.12. The van der Waals surface area contributed by atoms with Crippen molar-refractivity contribution >= 4 is 54.6 Å². The van der Waals surface area contributed by atoms with Crippen molar-refractivity contribution in [2.24, 2.45) is 5.73 Å². The van der Waals surface area contributed by atoms with Crippen LogP contribution in [0, 0.1) is 5.41 Å². The smallest absolute Gasteiger partial charge is 0.185 e. The Hall–Kier alpha value is -1.04. The maximum Gasteiger partial charge on any atom is 0.185 e. The van der Waals surface area contributed by atoms with Crippen molar-refractivity contribution in [2.45, 2.75) is 12.5 Å². The lowest BCUT2D eigenvalue weighted by Crippen LogP contribution is -2.40. The first-order chi connectivity index (χ1) is 7.65. The molecule has 0 saturated carbocycles. The summed E-state index contributed by atoms with van der Waals surface area (Å²) < 4.78 is 0. The Balaban J connectivity index is 0. The van der Waals surface area contributed by atoms with Crippen LogP contribution in [0.1, 0.15) is 6.42 Å². The van der Waals surface area contributed by atoms with E-state index < -0.39 is 0 Å². The highest BCUT2D eigenvalue weighted by Crippen LogP contribution is 2.21. The molecule has 0 aliphatic carbocycles. The van der Waals surface area contributed by atoms with E-state index in [2.05, 4.69) is 10.2 Å². The van der Waals surface area contributed by atoms with Gasteiger partial charge in [0.2, 0.25) is 0 Å². The van der Waals surface area contributed by atoms with Crippen LogP contribution in [0.2, 0.25) is 0 Å². The van der Waals surface area contributed by atoms with E-state index in [4.69, 9.17) is 16.9 Å². The van der Waals surface area contributed by atoms with Crippen molar-refractivity contribution in [1.29, 1.82) is 5.41 Å². The molecule has 1 aliphatic rings. The Morgan fingerprint density at radius 2 is 1.79 bits per heavy atom. The normalized spacial score (nSPS) is 16.6. The summed E-state index contributed by atoms with van der Waals surface area (Å²) in [4.78, 5) is 2.26. The van der Waals surface area contributed by atoms with E-state index in [1.54, 1.807) is 0 Å². The lowest BCUT2D eigenvalue weighted by Gasteiger charge is -2.19. The Labute approximate surface area is 131 Å². The molecule has 19 heavy (non-hydrogen) atoms. The molecule has 1 heterocycles. The van der Waals surface area contributed by atoms with E-state index in [0.717, 1.165) is 25.2 Å². The lowest BCUT2D eigenvalue weighted by atomic mass is 10.2. The van der Waals surface area contributed by atoms with E-state index in [1.165, 1.54) is 5.69 Å². The zero-order chi connectivity index (χ0) is 11.5. The minimum absolute atomic E-state index is 0. The SMILES string of the molecule is Cl.Cl.Cl.N=C(N)NC1CCN(c2ccc(N)cc2)C1. The van der Waals surface area contributed by atoms with Gasteiger partial charge in [-0.05, 0) is 30.7 Å². The number of nitrogens with zero attached hydrogens (tertiary/aromatic N) is 1. The highest BCUT2D eigenvalue weighted by atomic mass is 35.5. The highest BCUT2D eigenvalue weighted by Gasteiger charge is 2.22. The van der Waals surface area contributed by atoms with Gasteiger partial charge in [0, 0.05) is 30.5 Å². The van der Waals surface area contributed by atoms with E-state index in [0.29, 0.717) is 0 Å². The van der Waals surface area contributed by atoms with Gasteiger partial charge in [0.25, 0.3) is 0 Å².